The molecule has 0 saturated carbocycles. The first-order chi connectivity index (χ1) is 13.0. The van der Waals surface area contributed by atoms with Gasteiger partial charge < -0.3 is 4.90 Å². The van der Waals surface area contributed by atoms with E-state index in [1.54, 1.807) is 9.80 Å². The number of nitrogens with zero attached hydrogens (tertiary/aromatic N) is 2. The van der Waals surface area contributed by atoms with Gasteiger partial charge in [0, 0.05) is 16.6 Å². The monoisotopic (exact) mass is 458 g/mol. The summed E-state index contributed by atoms with van der Waals surface area (Å²) in [5.74, 6) is -0.355. The largest absolute Gasteiger partial charge is 0.308 e. The lowest BCUT2D eigenvalue weighted by molar-refractivity contribution is -0.122. The van der Waals surface area contributed by atoms with Crippen LogP contribution >= 0.6 is 39.9 Å². The molecule has 2 aliphatic heterocycles. The summed E-state index contributed by atoms with van der Waals surface area (Å²) in [7, 11) is 0. The van der Waals surface area contributed by atoms with Gasteiger partial charge in [-0.15, -0.1) is 0 Å². The highest BCUT2D eigenvalue weighted by molar-refractivity contribution is 9.10. The molecule has 4 rings (SSSR count). The van der Waals surface area contributed by atoms with E-state index in [0.717, 1.165) is 21.3 Å². The highest BCUT2D eigenvalue weighted by Gasteiger charge is 2.41. The first-order valence-electron chi connectivity index (χ1n) is 8.45. The van der Waals surface area contributed by atoms with Crippen molar-refractivity contribution in [2.45, 2.75) is 13.5 Å². The van der Waals surface area contributed by atoms with Gasteiger partial charge >= 0.3 is 0 Å². The van der Waals surface area contributed by atoms with Crippen molar-refractivity contribution in [3.05, 3.63) is 69.0 Å². The normalized spacial score (nSPS) is 19.3. The topological polar surface area (TPSA) is 40.6 Å². The van der Waals surface area contributed by atoms with Crippen molar-refractivity contribution in [1.82, 2.24) is 4.90 Å². The van der Waals surface area contributed by atoms with Crippen molar-refractivity contribution in [2.24, 2.45) is 0 Å². The Hall–Kier alpha value is -1.96. The number of anilines is 1. The summed E-state index contributed by atoms with van der Waals surface area (Å²) in [5.41, 5.74) is 3.04. The quantitative estimate of drug-likeness (QED) is 0.498. The number of thiocarbonyl (C=S) groups is 1. The number of halogens is 1. The van der Waals surface area contributed by atoms with Crippen LogP contribution in [-0.2, 0) is 16.1 Å². The molecule has 4 nitrogen and oxygen atoms in total. The van der Waals surface area contributed by atoms with Gasteiger partial charge in [-0.3, -0.25) is 14.5 Å². The smallest absolute Gasteiger partial charge is 0.267 e. The van der Waals surface area contributed by atoms with E-state index in [0.29, 0.717) is 27.9 Å². The Labute approximate surface area is 175 Å². The van der Waals surface area contributed by atoms with E-state index in [1.165, 1.54) is 11.8 Å². The molecule has 0 atom stereocenters. The number of fused-ring (bicyclic) bond motifs is 1. The average molecular weight is 459 g/mol. The minimum absolute atomic E-state index is 0.147. The van der Waals surface area contributed by atoms with Crippen LogP contribution in [0.15, 0.2) is 57.9 Å². The van der Waals surface area contributed by atoms with Gasteiger partial charge in [-0.1, -0.05) is 70.2 Å². The fourth-order valence-corrected chi connectivity index (χ4v) is 4.98. The molecule has 0 aromatic heterocycles. The van der Waals surface area contributed by atoms with E-state index in [-0.39, 0.29) is 11.8 Å². The second-order valence-electron chi connectivity index (χ2n) is 6.16. The number of carbonyl (C=O) groups excluding carboxylic acids is 2. The van der Waals surface area contributed by atoms with E-state index >= 15 is 0 Å². The lowest BCUT2D eigenvalue weighted by Gasteiger charge is -2.14. The molecule has 1 saturated heterocycles. The summed E-state index contributed by atoms with van der Waals surface area (Å²) >= 11 is 10.1. The molecule has 2 amide bonds. The van der Waals surface area contributed by atoms with Gasteiger partial charge in [-0.2, -0.15) is 0 Å². The van der Waals surface area contributed by atoms with Crippen LogP contribution in [0.1, 0.15) is 18.1 Å². The molecule has 0 bridgehead atoms. The number of thioether (sulfide) groups is 1. The van der Waals surface area contributed by atoms with Crippen LogP contribution < -0.4 is 4.90 Å². The van der Waals surface area contributed by atoms with Gasteiger partial charge in [-0.25, -0.2) is 0 Å². The minimum atomic E-state index is -0.207. The SMILES string of the molecule is CCN1C(=O)/C(=C2/SC(=S)N(Cc3ccccc3)C2=O)c2cc(Br)ccc21. The molecule has 2 heterocycles. The highest BCUT2D eigenvalue weighted by Crippen LogP contribution is 2.45. The predicted molar refractivity (Wildman–Crippen MR) is 116 cm³/mol. The molecular weight excluding hydrogens is 444 g/mol. The van der Waals surface area contributed by atoms with Crippen molar-refractivity contribution in [3.8, 4) is 0 Å². The summed E-state index contributed by atoms with van der Waals surface area (Å²) in [5, 5.41) is 0. The number of likely N-dealkylation sites (N-methyl/N-ethyl adjacent to an activating group) is 1. The molecule has 27 heavy (non-hydrogen) atoms. The molecule has 0 aliphatic carbocycles. The van der Waals surface area contributed by atoms with Crippen LogP contribution in [0.3, 0.4) is 0 Å². The van der Waals surface area contributed by atoms with E-state index in [1.807, 2.05) is 55.5 Å². The summed E-state index contributed by atoms with van der Waals surface area (Å²) in [6, 6.07) is 15.4. The number of hydrogen-bond donors (Lipinski definition) is 0. The molecule has 0 N–H and O–H groups in total. The maximum Gasteiger partial charge on any atom is 0.267 e. The number of rotatable bonds is 3. The summed E-state index contributed by atoms with van der Waals surface area (Å²) < 4.78 is 1.34. The first-order valence-corrected chi connectivity index (χ1v) is 10.5. The Morgan fingerprint density at radius 3 is 2.48 bits per heavy atom. The van der Waals surface area contributed by atoms with Crippen LogP contribution in [0.2, 0.25) is 0 Å². The van der Waals surface area contributed by atoms with E-state index in [2.05, 4.69) is 15.9 Å². The van der Waals surface area contributed by atoms with E-state index in [4.69, 9.17) is 12.2 Å². The number of benzene rings is 2. The van der Waals surface area contributed by atoms with E-state index in [9.17, 15) is 9.59 Å². The fraction of sp³-hybridized carbons (Fsp3) is 0.150. The molecule has 0 radical (unpaired) electrons. The molecule has 1 fully saturated rings. The zero-order valence-corrected chi connectivity index (χ0v) is 17.7. The summed E-state index contributed by atoms with van der Waals surface area (Å²) in [4.78, 5) is 29.8. The standard InChI is InChI=1S/C20H15BrN2O2S2/c1-2-22-15-9-8-13(21)10-14(15)16(18(22)24)17-19(25)23(20(26)27-17)11-12-6-4-3-5-7-12/h3-10H,2,11H2,1H3/b17-16+. The molecular formula is C20H15BrN2O2S2. The van der Waals surface area contributed by atoms with Gasteiger partial charge in [0.15, 0.2) is 0 Å². The Bertz CT molecular complexity index is 1000. The molecule has 0 spiro atoms. The predicted octanol–water partition coefficient (Wildman–Crippen LogP) is 4.59. The zero-order chi connectivity index (χ0) is 19.1. The van der Waals surface area contributed by atoms with Gasteiger partial charge in [0.05, 0.1) is 22.7 Å². The Kier molecular flexibility index (Phi) is 4.92. The van der Waals surface area contributed by atoms with Crippen LogP contribution in [0.5, 0.6) is 0 Å². The summed E-state index contributed by atoms with van der Waals surface area (Å²) in [6.07, 6.45) is 0. The number of amides is 2. The average Bonchev–Trinajstić information content (AvgIpc) is 3.09. The maximum absolute atomic E-state index is 13.1. The van der Waals surface area contributed by atoms with Gasteiger partial charge in [0.25, 0.3) is 11.8 Å². The highest BCUT2D eigenvalue weighted by atomic mass is 79.9. The van der Waals surface area contributed by atoms with Crippen molar-refractivity contribution >= 4 is 67.3 Å². The lowest BCUT2D eigenvalue weighted by Crippen LogP contribution is -2.29. The minimum Gasteiger partial charge on any atom is -0.308 e. The van der Waals surface area contributed by atoms with Gasteiger partial charge in [-0.05, 0) is 30.7 Å². The number of hydrogen-bond acceptors (Lipinski definition) is 4. The van der Waals surface area contributed by atoms with Crippen LogP contribution in [0, 0.1) is 0 Å². The fourth-order valence-electron chi connectivity index (χ4n) is 3.29. The molecule has 2 aliphatic rings. The Balaban J connectivity index is 1.77. The molecule has 2 aromatic carbocycles. The third kappa shape index (κ3) is 3.13. The molecule has 0 unspecified atom stereocenters. The second-order valence-corrected chi connectivity index (χ2v) is 8.72. The van der Waals surface area contributed by atoms with Crippen molar-refractivity contribution < 1.29 is 9.59 Å². The first kappa shape index (κ1) is 18.4. The van der Waals surface area contributed by atoms with Crippen LogP contribution in [0.4, 0.5) is 5.69 Å². The lowest BCUT2D eigenvalue weighted by atomic mass is 10.1. The molecule has 136 valence electrons. The van der Waals surface area contributed by atoms with E-state index < -0.39 is 0 Å². The summed E-state index contributed by atoms with van der Waals surface area (Å²) in [6.45, 7) is 2.87. The molecule has 2 aromatic rings. The Morgan fingerprint density at radius 1 is 1.04 bits per heavy atom. The van der Waals surface area contributed by atoms with Crippen molar-refractivity contribution in [1.29, 1.82) is 0 Å². The number of carbonyl (C=O) groups is 2. The second kappa shape index (κ2) is 7.22. The van der Waals surface area contributed by atoms with Crippen molar-refractivity contribution in [2.75, 3.05) is 11.4 Å². The third-order valence-electron chi connectivity index (χ3n) is 4.55. The van der Waals surface area contributed by atoms with Gasteiger partial charge in [0.2, 0.25) is 0 Å². The molecule has 7 heteroatoms. The van der Waals surface area contributed by atoms with Crippen LogP contribution in [0.25, 0.3) is 5.57 Å². The zero-order valence-electron chi connectivity index (χ0n) is 14.4. The maximum atomic E-state index is 13.1. The Morgan fingerprint density at radius 2 is 1.78 bits per heavy atom. The van der Waals surface area contributed by atoms with Crippen molar-refractivity contribution in [3.63, 3.8) is 0 Å². The van der Waals surface area contributed by atoms with Crippen LogP contribution in [-0.4, -0.2) is 27.6 Å². The third-order valence-corrected chi connectivity index (χ3v) is 6.50. The van der Waals surface area contributed by atoms with Gasteiger partial charge in [0.1, 0.15) is 4.32 Å².